The molecule has 1 aromatic carbocycles. The van der Waals surface area contributed by atoms with E-state index in [-0.39, 0.29) is 10.6 Å². The molecule has 0 aliphatic rings. The summed E-state index contributed by atoms with van der Waals surface area (Å²) in [5, 5.41) is 10.4. The van der Waals surface area contributed by atoms with Crippen molar-refractivity contribution in [2.24, 2.45) is 0 Å². The smallest absolute Gasteiger partial charge is 0.258 e. The lowest BCUT2D eigenvalue weighted by molar-refractivity contribution is -0.384. The van der Waals surface area contributed by atoms with Crippen LogP contribution in [0, 0.1) is 10.1 Å². The van der Waals surface area contributed by atoms with Crippen LogP contribution in [0.2, 0.25) is 0 Å². The van der Waals surface area contributed by atoms with E-state index >= 15 is 0 Å². The average molecular weight is 191 g/mol. The fraction of sp³-hybridized carbons (Fsp3) is 0.273. The molecule has 0 aliphatic carbocycles. The molecule has 3 heteroatoms. The molecule has 74 valence electrons. The van der Waals surface area contributed by atoms with Crippen molar-refractivity contribution in [3.8, 4) is 0 Å². The number of hydrogen-bond acceptors (Lipinski definition) is 2. The molecule has 0 bridgehead atoms. The van der Waals surface area contributed by atoms with Crippen LogP contribution >= 0.6 is 0 Å². The Bertz CT molecular complexity index is 328. The Morgan fingerprint density at radius 2 is 2.00 bits per heavy atom. The minimum absolute atomic E-state index is 0.137. The molecule has 1 rings (SSSR count). The van der Waals surface area contributed by atoms with Gasteiger partial charge in [0.2, 0.25) is 0 Å². The van der Waals surface area contributed by atoms with Gasteiger partial charge in [0.25, 0.3) is 5.69 Å². The zero-order valence-electron chi connectivity index (χ0n) is 8.14. The third-order valence-electron chi connectivity index (χ3n) is 1.87. The normalized spacial score (nSPS) is 10.6. The number of rotatable bonds is 4. The van der Waals surface area contributed by atoms with E-state index in [1.807, 2.05) is 6.08 Å². The SMILES string of the molecule is CCCC=Cc1ccc([N+](=O)[O-])cc1. The van der Waals surface area contributed by atoms with Gasteiger partial charge in [-0.2, -0.15) is 0 Å². The summed E-state index contributed by atoms with van der Waals surface area (Å²) in [6, 6.07) is 6.55. The zero-order chi connectivity index (χ0) is 10.4. The zero-order valence-corrected chi connectivity index (χ0v) is 8.14. The quantitative estimate of drug-likeness (QED) is 0.540. The number of allylic oxidation sites excluding steroid dienone is 1. The van der Waals surface area contributed by atoms with E-state index in [9.17, 15) is 10.1 Å². The summed E-state index contributed by atoms with van der Waals surface area (Å²) >= 11 is 0. The predicted octanol–water partition coefficient (Wildman–Crippen LogP) is 3.41. The molecule has 0 radical (unpaired) electrons. The van der Waals surface area contributed by atoms with Crippen LogP contribution in [-0.2, 0) is 0 Å². The summed E-state index contributed by atoms with van der Waals surface area (Å²) in [4.78, 5) is 9.97. The highest BCUT2D eigenvalue weighted by Crippen LogP contribution is 2.13. The van der Waals surface area contributed by atoms with Crippen LogP contribution in [0.25, 0.3) is 6.08 Å². The van der Waals surface area contributed by atoms with Crippen molar-refractivity contribution >= 4 is 11.8 Å². The number of unbranched alkanes of at least 4 members (excludes halogenated alkanes) is 1. The second kappa shape index (κ2) is 5.17. The molecule has 0 aromatic heterocycles. The number of nitro benzene ring substituents is 1. The maximum Gasteiger partial charge on any atom is 0.269 e. The van der Waals surface area contributed by atoms with Crippen molar-refractivity contribution in [1.29, 1.82) is 0 Å². The van der Waals surface area contributed by atoms with Gasteiger partial charge in [-0.05, 0) is 24.1 Å². The monoisotopic (exact) mass is 191 g/mol. The molecule has 0 unspecified atom stereocenters. The second-order valence-corrected chi connectivity index (χ2v) is 3.04. The van der Waals surface area contributed by atoms with Crippen molar-refractivity contribution in [3.05, 3.63) is 46.0 Å². The highest BCUT2D eigenvalue weighted by Gasteiger charge is 2.01. The van der Waals surface area contributed by atoms with E-state index in [2.05, 4.69) is 13.0 Å². The van der Waals surface area contributed by atoms with E-state index in [1.54, 1.807) is 12.1 Å². The van der Waals surface area contributed by atoms with E-state index < -0.39 is 0 Å². The number of nitrogens with zero attached hydrogens (tertiary/aromatic N) is 1. The number of non-ortho nitro benzene ring substituents is 1. The first kappa shape index (κ1) is 10.4. The topological polar surface area (TPSA) is 43.1 Å². The minimum Gasteiger partial charge on any atom is -0.258 e. The Labute approximate surface area is 83.2 Å². The molecule has 0 aliphatic heterocycles. The summed E-state index contributed by atoms with van der Waals surface area (Å²) in [6.45, 7) is 2.11. The lowest BCUT2D eigenvalue weighted by Crippen LogP contribution is -1.86. The molecule has 0 spiro atoms. The third kappa shape index (κ3) is 3.01. The summed E-state index contributed by atoms with van der Waals surface area (Å²) in [5.74, 6) is 0. The van der Waals surface area contributed by atoms with Gasteiger partial charge in [-0.25, -0.2) is 0 Å². The molecule has 0 amide bonds. The van der Waals surface area contributed by atoms with Crippen LogP contribution in [-0.4, -0.2) is 4.92 Å². The summed E-state index contributed by atoms with van der Waals surface area (Å²) in [5.41, 5.74) is 1.14. The Hall–Kier alpha value is -1.64. The number of benzene rings is 1. The van der Waals surface area contributed by atoms with E-state index in [1.165, 1.54) is 12.1 Å². The second-order valence-electron chi connectivity index (χ2n) is 3.04. The Morgan fingerprint density at radius 1 is 1.36 bits per heavy atom. The molecule has 0 fully saturated rings. The van der Waals surface area contributed by atoms with Crippen molar-refractivity contribution in [1.82, 2.24) is 0 Å². The Balaban J connectivity index is 2.68. The summed E-state index contributed by atoms with van der Waals surface area (Å²) in [6.07, 6.45) is 6.20. The van der Waals surface area contributed by atoms with Gasteiger partial charge in [0, 0.05) is 12.1 Å². The summed E-state index contributed by atoms with van der Waals surface area (Å²) < 4.78 is 0. The van der Waals surface area contributed by atoms with Crippen molar-refractivity contribution in [3.63, 3.8) is 0 Å². The van der Waals surface area contributed by atoms with Crippen LogP contribution in [0.1, 0.15) is 25.3 Å². The standard InChI is InChI=1S/C11H13NO2/c1-2-3-4-5-10-6-8-11(9-7-10)12(13)14/h4-9H,2-3H2,1H3. The molecule has 14 heavy (non-hydrogen) atoms. The van der Waals surface area contributed by atoms with Crippen LogP contribution in [0.4, 0.5) is 5.69 Å². The fourth-order valence-electron chi connectivity index (χ4n) is 1.09. The largest absolute Gasteiger partial charge is 0.269 e. The number of nitro groups is 1. The third-order valence-corrected chi connectivity index (χ3v) is 1.87. The fourth-order valence-corrected chi connectivity index (χ4v) is 1.09. The first-order valence-electron chi connectivity index (χ1n) is 4.65. The van der Waals surface area contributed by atoms with E-state index in [0.29, 0.717) is 0 Å². The highest BCUT2D eigenvalue weighted by atomic mass is 16.6. The molecular formula is C11H13NO2. The van der Waals surface area contributed by atoms with Gasteiger partial charge in [0.15, 0.2) is 0 Å². The number of hydrogen-bond donors (Lipinski definition) is 0. The van der Waals surface area contributed by atoms with Crippen LogP contribution in [0.15, 0.2) is 30.3 Å². The van der Waals surface area contributed by atoms with Crippen LogP contribution in [0.3, 0.4) is 0 Å². The first-order chi connectivity index (χ1) is 6.74. The van der Waals surface area contributed by atoms with Gasteiger partial charge < -0.3 is 0 Å². The summed E-state index contributed by atoms with van der Waals surface area (Å²) in [7, 11) is 0. The van der Waals surface area contributed by atoms with Gasteiger partial charge in [-0.3, -0.25) is 10.1 Å². The van der Waals surface area contributed by atoms with Gasteiger partial charge in [-0.15, -0.1) is 0 Å². The lowest BCUT2D eigenvalue weighted by Gasteiger charge is -1.93. The molecule has 3 nitrogen and oxygen atoms in total. The van der Waals surface area contributed by atoms with Crippen molar-refractivity contribution in [2.75, 3.05) is 0 Å². The van der Waals surface area contributed by atoms with Crippen molar-refractivity contribution in [2.45, 2.75) is 19.8 Å². The van der Waals surface area contributed by atoms with Crippen LogP contribution < -0.4 is 0 Å². The minimum atomic E-state index is -0.389. The Kier molecular flexibility index (Phi) is 3.85. The average Bonchev–Trinajstić information content (AvgIpc) is 2.19. The van der Waals surface area contributed by atoms with E-state index in [0.717, 1.165) is 18.4 Å². The van der Waals surface area contributed by atoms with Crippen LogP contribution in [0.5, 0.6) is 0 Å². The maximum atomic E-state index is 10.4. The Morgan fingerprint density at radius 3 is 2.50 bits per heavy atom. The molecule has 0 atom stereocenters. The van der Waals surface area contributed by atoms with Gasteiger partial charge in [-0.1, -0.05) is 25.5 Å². The lowest BCUT2D eigenvalue weighted by atomic mass is 10.2. The molecule has 0 saturated carbocycles. The van der Waals surface area contributed by atoms with Gasteiger partial charge in [0.05, 0.1) is 4.92 Å². The van der Waals surface area contributed by atoms with E-state index in [4.69, 9.17) is 0 Å². The van der Waals surface area contributed by atoms with Gasteiger partial charge >= 0.3 is 0 Å². The molecule has 1 aromatic rings. The van der Waals surface area contributed by atoms with Gasteiger partial charge in [0.1, 0.15) is 0 Å². The molecule has 0 N–H and O–H groups in total. The molecule has 0 saturated heterocycles. The molecule has 0 heterocycles. The maximum absolute atomic E-state index is 10.4. The molecular weight excluding hydrogens is 178 g/mol. The predicted molar refractivity (Wildman–Crippen MR) is 57.0 cm³/mol. The first-order valence-corrected chi connectivity index (χ1v) is 4.65. The highest BCUT2D eigenvalue weighted by molar-refractivity contribution is 5.51. The van der Waals surface area contributed by atoms with Crippen molar-refractivity contribution < 1.29 is 4.92 Å².